The highest BCUT2D eigenvalue weighted by Crippen LogP contribution is 2.21. The zero-order chi connectivity index (χ0) is 22.5. The molecule has 1 atom stereocenters. The summed E-state index contributed by atoms with van der Waals surface area (Å²) in [5, 5.41) is 3.25. The summed E-state index contributed by atoms with van der Waals surface area (Å²) in [6, 6.07) is 12.7. The molecule has 0 unspecified atom stereocenters. The molecule has 8 heteroatoms. The van der Waals surface area contributed by atoms with E-state index in [2.05, 4.69) is 17.2 Å². The van der Waals surface area contributed by atoms with Gasteiger partial charge in [-0.2, -0.15) is 0 Å². The van der Waals surface area contributed by atoms with Crippen LogP contribution in [0.1, 0.15) is 39.3 Å². The van der Waals surface area contributed by atoms with E-state index in [0.29, 0.717) is 17.2 Å². The van der Waals surface area contributed by atoms with Crippen LogP contribution in [0, 0.1) is 13.8 Å². The van der Waals surface area contributed by atoms with Crippen molar-refractivity contribution in [3.63, 3.8) is 0 Å². The van der Waals surface area contributed by atoms with Crippen LogP contribution in [-0.4, -0.2) is 39.9 Å². The van der Waals surface area contributed by atoms with Gasteiger partial charge in [0.15, 0.2) is 5.13 Å². The number of hydrogen-bond acceptors (Lipinski definition) is 5. The first kappa shape index (κ1) is 22.4. The van der Waals surface area contributed by atoms with Gasteiger partial charge in [0.1, 0.15) is 6.54 Å². The van der Waals surface area contributed by atoms with Crippen molar-refractivity contribution in [3.8, 4) is 0 Å². The second kappa shape index (κ2) is 9.70. The van der Waals surface area contributed by atoms with Gasteiger partial charge in [0, 0.05) is 30.7 Å². The number of carbonyl (C=O) groups excluding carboxylic acids is 2. The molecule has 1 N–H and O–H groups in total. The number of aromatic nitrogens is 2. The number of carbonyl (C=O) groups is 2. The molecule has 0 spiro atoms. The van der Waals surface area contributed by atoms with Crippen molar-refractivity contribution in [1.82, 2.24) is 14.5 Å². The lowest BCUT2D eigenvalue weighted by Crippen LogP contribution is -2.36. The van der Waals surface area contributed by atoms with Gasteiger partial charge in [-0.05, 0) is 31.4 Å². The molecule has 1 aromatic carbocycles. The van der Waals surface area contributed by atoms with E-state index >= 15 is 0 Å². The predicted molar refractivity (Wildman–Crippen MR) is 123 cm³/mol. The van der Waals surface area contributed by atoms with E-state index in [4.69, 9.17) is 0 Å². The maximum atomic E-state index is 12.7. The van der Waals surface area contributed by atoms with Crippen molar-refractivity contribution in [2.75, 3.05) is 18.9 Å². The van der Waals surface area contributed by atoms with Crippen molar-refractivity contribution in [2.24, 2.45) is 0 Å². The molecule has 0 saturated carbocycles. The fourth-order valence-corrected chi connectivity index (χ4v) is 3.96. The molecular formula is C23H26N4O3S. The van der Waals surface area contributed by atoms with Crippen molar-refractivity contribution < 1.29 is 9.59 Å². The van der Waals surface area contributed by atoms with Crippen LogP contribution >= 0.6 is 11.3 Å². The Morgan fingerprint density at radius 1 is 1.16 bits per heavy atom. The second-order valence-corrected chi connectivity index (χ2v) is 8.79. The predicted octanol–water partition coefficient (Wildman–Crippen LogP) is 3.44. The summed E-state index contributed by atoms with van der Waals surface area (Å²) < 4.78 is 1.26. The Morgan fingerprint density at radius 2 is 1.87 bits per heavy atom. The lowest BCUT2D eigenvalue weighted by atomic mass is 10.0. The average Bonchev–Trinajstić information content (AvgIpc) is 3.06. The number of aryl methyl sites for hydroxylation is 2. The monoisotopic (exact) mass is 438 g/mol. The Morgan fingerprint density at radius 3 is 2.52 bits per heavy atom. The van der Waals surface area contributed by atoms with E-state index in [1.807, 2.05) is 44.2 Å². The van der Waals surface area contributed by atoms with Gasteiger partial charge in [0.05, 0.1) is 11.3 Å². The minimum Gasteiger partial charge on any atom is -0.344 e. The van der Waals surface area contributed by atoms with E-state index < -0.39 is 0 Å². The number of anilines is 1. The van der Waals surface area contributed by atoms with E-state index in [-0.39, 0.29) is 29.8 Å². The molecule has 31 heavy (non-hydrogen) atoms. The highest BCUT2D eigenvalue weighted by molar-refractivity contribution is 7.15. The van der Waals surface area contributed by atoms with Gasteiger partial charge < -0.3 is 9.47 Å². The molecule has 2 amide bonds. The SMILES string of the molecule is Cc1nc(NC(=O)c2ccc(=O)n(CC(=O)N(C)C[C@@H](C)c3ccccc3)c2)sc1C. The maximum absolute atomic E-state index is 12.7. The number of benzene rings is 1. The molecule has 0 fully saturated rings. The van der Waals surface area contributed by atoms with Crippen molar-refractivity contribution in [2.45, 2.75) is 33.2 Å². The summed E-state index contributed by atoms with van der Waals surface area (Å²) in [6.07, 6.45) is 1.41. The fourth-order valence-electron chi connectivity index (χ4n) is 3.15. The number of thiazole rings is 1. The summed E-state index contributed by atoms with van der Waals surface area (Å²) in [5.41, 5.74) is 1.96. The first-order chi connectivity index (χ1) is 14.7. The van der Waals surface area contributed by atoms with Crippen LogP contribution in [-0.2, 0) is 11.3 Å². The number of amides is 2. The molecule has 2 heterocycles. The smallest absolute Gasteiger partial charge is 0.258 e. The molecule has 0 aliphatic rings. The Hall–Kier alpha value is -3.26. The standard InChI is InChI=1S/C23H26N4O3S/c1-15(18-8-6-5-7-9-18)12-26(4)21(29)14-27-13-19(10-11-20(27)28)22(30)25-23-24-16(2)17(3)31-23/h5-11,13,15H,12,14H2,1-4H3,(H,24,25,30)/t15-/m1/s1. The Balaban J connectivity index is 1.67. The number of pyridine rings is 1. The van der Waals surface area contributed by atoms with Gasteiger partial charge in [-0.3, -0.25) is 19.7 Å². The van der Waals surface area contributed by atoms with Crippen molar-refractivity contribution in [3.05, 3.63) is 80.7 Å². The van der Waals surface area contributed by atoms with Crippen LogP contribution in [0.15, 0.2) is 53.5 Å². The third-order valence-electron chi connectivity index (χ3n) is 5.14. The molecule has 2 aromatic heterocycles. The molecule has 7 nitrogen and oxygen atoms in total. The topological polar surface area (TPSA) is 84.3 Å². The van der Waals surface area contributed by atoms with Gasteiger partial charge >= 0.3 is 0 Å². The lowest BCUT2D eigenvalue weighted by molar-refractivity contribution is -0.130. The second-order valence-electron chi connectivity index (χ2n) is 7.58. The quantitative estimate of drug-likeness (QED) is 0.612. The Kier molecular flexibility index (Phi) is 7.02. The average molecular weight is 439 g/mol. The molecule has 0 radical (unpaired) electrons. The highest BCUT2D eigenvalue weighted by Gasteiger charge is 2.16. The van der Waals surface area contributed by atoms with E-state index in [1.54, 1.807) is 11.9 Å². The summed E-state index contributed by atoms with van der Waals surface area (Å²) in [4.78, 5) is 44.5. The van der Waals surface area contributed by atoms with Gasteiger partial charge in [-0.1, -0.05) is 37.3 Å². The first-order valence-corrected chi connectivity index (χ1v) is 10.8. The fraction of sp³-hybridized carbons (Fsp3) is 0.304. The number of hydrogen-bond donors (Lipinski definition) is 1. The summed E-state index contributed by atoms with van der Waals surface area (Å²) in [6.45, 7) is 6.26. The molecule has 0 bridgehead atoms. The van der Waals surface area contributed by atoms with Gasteiger partial charge in [-0.15, -0.1) is 11.3 Å². The minimum absolute atomic E-state index is 0.132. The maximum Gasteiger partial charge on any atom is 0.258 e. The van der Waals surface area contributed by atoms with Crippen molar-refractivity contribution >= 4 is 28.3 Å². The zero-order valence-corrected chi connectivity index (χ0v) is 18.9. The zero-order valence-electron chi connectivity index (χ0n) is 18.1. The highest BCUT2D eigenvalue weighted by atomic mass is 32.1. The normalized spacial score (nSPS) is 11.7. The van der Waals surface area contributed by atoms with Gasteiger partial charge in [0.25, 0.3) is 11.5 Å². The Bertz CT molecular complexity index is 1120. The van der Waals surface area contributed by atoms with Crippen LogP contribution in [0.3, 0.4) is 0 Å². The first-order valence-electron chi connectivity index (χ1n) is 9.99. The van der Waals surface area contributed by atoms with Crippen LogP contribution in [0.5, 0.6) is 0 Å². The van der Waals surface area contributed by atoms with E-state index in [9.17, 15) is 14.4 Å². The number of likely N-dealkylation sites (N-methyl/N-ethyl adjacent to an activating group) is 1. The Labute approximate surface area is 185 Å². The minimum atomic E-state index is -0.374. The number of nitrogens with one attached hydrogen (secondary N) is 1. The lowest BCUT2D eigenvalue weighted by Gasteiger charge is -2.22. The number of rotatable bonds is 7. The van der Waals surface area contributed by atoms with Crippen LogP contribution < -0.4 is 10.9 Å². The molecule has 0 aliphatic heterocycles. The molecule has 162 valence electrons. The molecule has 0 aliphatic carbocycles. The van der Waals surface area contributed by atoms with Crippen LogP contribution in [0.25, 0.3) is 0 Å². The summed E-state index contributed by atoms with van der Waals surface area (Å²) >= 11 is 1.39. The molecule has 0 saturated heterocycles. The van der Waals surface area contributed by atoms with Gasteiger partial charge in [-0.25, -0.2) is 4.98 Å². The van der Waals surface area contributed by atoms with Crippen LogP contribution in [0.2, 0.25) is 0 Å². The number of nitrogens with zero attached hydrogens (tertiary/aromatic N) is 3. The third-order valence-corrected chi connectivity index (χ3v) is 6.13. The molecular weight excluding hydrogens is 412 g/mol. The summed E-state index contributed by atoms with van der Waals surface area (Å²) in [5.74, 6) is -0.413. The molecule has 3 aromatic rings. The molecule has 3 rings (SSSR count). The van der Waals surface area contributed by atoms with Crippen LogP contribution in [0.4, 0.5) is 5.13 Å². The largest absolute Gasteiger partial charge is 0.344 e. The van der Waals surface area contributed by atoms with E-state index in [0.717, 1.165) is 16.1 Å². The third kappa shape index (κ3) is 5.67. The van der Waals surface area contributed by atoms with Gasteiger partial charge in [0.2, 0.25) is 5.91 Å². The summed E-state index contributed by atoms with van der Waals surface area (Å²) in [7, 11) is 1.72. The van der Waals surface area contributed by atoms with E-state index in [1.165, 1.54) is 34.2 Å². The van der Waals surface area contributed by atoms with Crippen molar-refractivity contribution in [1.29, 1.82) is 0 Å².